The van der Waals surface area contributed by atoms with Crippen molar-refractivity contribution in [2.45, 2.75) is 33.2 Å². The molecule has 0 aliphatic carbocycles. The van der Waals surface area contributed by atoms with E-state index in [1.807, 2.05) is 30.7 Å². The predicted molar refractivity (Wildman–Crippen MR) is 88.8 cm³/mol. The number of aryl methyl sites for hydroxylation is 2. The summed E-state index contributed by atoms with van der Waals surface area (Å²) in [5.74, 6) is 0.270. The number of aromatic nitrogens is 2. The molecule has 0 saturated heterocycles. The van der Waals surface area contributed by atoms with Crippen molar-refractivity contribution in [2.24, 2.45) is 0 Å². The van der Waals surface area contributed by atoms with E-state index in [-0.39, 0.29) is 11.7 Å². The number of amides is 1. The minimum Gasteiger partial charge on any atom is -0.508 e. The van der Waals surface area contributed by atoms with E-state index in [0.29, 0.717) is 19.5 Å². The molecule has 1 heterocycles. The number of carbonyl (C=O) groups is 1. The van der Waals surface area contributed by atoms with Crippen LogP contribution in [-0.2, 0) is 17.8 Å². The standard InChI is InChI=1S/C16H20BrN3O2/c1-11-16(17)12(2)20(19-11)10-8-15(22)18-9-7-13-3-5-14(21)6-4-13/h3-6,21H,7-10H2,1-2H3,(H,18,22). The molecule has 2 aromatic rings. The van der Waals surface area contributed by atoms with Crippen molar-refractivity contribution in [1.82, 2.24) is 15.1 Å². The molecule has 0 saturated carbocycles. The normalized spacial score (nSPS) is 10.7. The van der Waals surface area contributed by atoms with Gasteiger partial charge in [0.05, 0.1) is 16.7 Å². The van der Waals surface area contributed by atoms with Gasteiger partial charge in [0.1, 0.15) is 5.75 Å². The molecule has 0 aliphatic heterocycles. The first-order valence-corrected chi connectivity index (χ1v) is 8.01. The van der Waals surface area contributed by atoms with Gasteiger partial charge >= 0.3 is 0 Å². The summed E-state index contributed by atoms with van der Waals surface area (Å²) in [4.78, 5) is 11.9. The van der Waals surface area contributed by atoms with Gasteiger partial charge in [-0.1, -0.05) is 12.1 Å². The monoisotopic (exact) mass is 365 g/mol. The van der Waals surface area contributed by atoms with Crippen LogP contribution in [-0.4, -0.2) is 27.3 Å². The Morgan fingerprint density at radius 2 is 2.00 bits per heavy atom. The molecule has 0 aliphatic rings. The maximum atomic E-state index is 11.9. The Balaban J connectivity index is 1.74. The van der Waals surface area contributed by atoms with Crippen LogP contribution in [0.3, 0.4) is 0 Å². The molecule has 0 fully saturated rings. The van der Waals surface area contributed by atoms with Crippen LogP contribution in [0, 0.1) is 13.8 Å². The third-order valence-electron chi connectivity index (χ3n) is 3.52. The first-order valence-electron chi connectivity index (χ1n) is 7.21. The Hall–Kier alpha value is -1.82. The second-order valence-electron chi connectivity index (χ2n) is 5.22. The molecule has 1 aromatic heterocycles. The number of benzene rings is 1. The van der Waals surface area contributed by atoms with Gasteiger partial charge in [0.2, 0.25) is 5.91 Å². The van der Waals surface area contributed by atoms with E-state index < -0.39 is 0 Å². The topological polar surface area (TPSA) is 67.2 Å². The molecule has 1 aromatic carbocycles. The summed E-state index contributed by atoms with van der Waals surface area (Å²) in [7, 11) is 0. The van der Waals surface area contributed by atoms with Crippen LogP contribution >= 0.6 is 15.9 Å². The maximum absolute atomic E-state index is 11.9. The number of phenolic OH excluding ortho intramolecular Hbond substituents is 1. The van der Waals surface area contributed by atoms with Crippen molar-refractivity contribution in [1.29, 1.82) is 0 Å². The summed E-state index contributed by atoms with van der Waals surface area (Å²) >= 11 is 3.48. The number of halogens is 1. The molecule has 2 N–H and O–H groups in total. The van der Waals surface area contributed by atoms with Gasteiger partial charge < -0.3 is 10.4 Å². The van der Waals surface area contributed by atoms with E-state index in [1.165, 1.54) is 0 Å². The zero-order valence-electron chi connectivity index (χ0n) is 12.8. The van der Waals surface area contributed by atoms with Crippen molar-refractivity contribution in [2.75, 3.05) is 6.54 Å². The Bertz CT molecular complexity index is 650. The second-order valence-corrected chi connectivity index (χ2v) is 6.02. The van der Waals surface area contributed by atoms with Gasteiger partial charge in [0.25, 0.3) is 0 Å². The smallest absolute Gasteiger partial charge is 0.221 e. The van der Waals surface area contributed by atoms with E-state index in [2.05, 4.69) is 26.3 Å². The SMILES string of the molecule is Cc1nn(CCC(=O)NCCc2ccc(O)cc2)c(C)c1Br. The van der Waals surface area contributed by atoms with Crippen LogP contribution in [0.2, 0.25) is 0 Å². The Kier molecular flexibility index (Phi) is 5.60. The fourth-order valence-electron chi connectivity index (χ4n) is 2.20. The molecule has 6 heteroatoms. The molecule has 2 rings (SSSR count). The van der Waals surface area contributed by atoms with Crippen LogP contribution in [0.5, 0.6) is 5.75 Å². The molecular formula is C16H20BrN3O2. The maximum Gasteiger partial charge on any atom is 0.221 e. The lowest BCUT2D eigenvalue weighted by atomic mass is 10.1. The highest BCUT2D eigenvalue weighted by Crippen LogP contribution is 2.19. The van der Waals surface area contributed by atoms with Gasteiger partial charge in [0.15, 0.2) is 0 Å². The van der Waals surface area contributed by atoms with Crippen molar-refractivity contribution in [3.05, 3.63) is 45.7 Å². The van der Waals surface area contributed by atoms with Crippen LogP contribution < -0.4 is 5.32 Å². The molecule has 5 nitrogen and oxygen atoms in total. The zero-order chi connectivity index (χ0) is 16.1. The van der Waals surface area contributed by atoms with Gasteiger partial charge in [-0.15, -0.1) is 0 Å². The quantitative estimate of drug-likeness (QED) is 0.826. The van der Waals surface area contributed by atoms with Crippen molar-refractivity contribution in [3.63, 3.8) is 0 Å². The molecule has 22 heavy (non-hydrogen) atoms. The third kappa shape index (κ3) is 4.34. The van der Waals surface area contributed by atoms with Gasteiger partial charge in [-0.2, -0.15) is 5.10 Å². The van der Waals surface area contributed by atoms with E-state index in [0.717, 1.165) is 27.8 Å². The highest BCUT2D eigenvalue weighted by atomic mass is 79.9. The number of nitrogens with zero attached hydrogens (tertiary/aromatic N) is 2. The Morgan fingerprint density at radius 3 is 2.59 bits per heavy atom. The average molecular weight is 366 g/mol. The minimum atomic E-state index is 0.0162. The molecule has 1 amide bonds. The number of phenols is 1. The molecule has 0 unspecified atom stereocenters. The van der Waals surface area contributed by atoms with Crippen LogP contribution in [0.15, 0.2) is 28.7 Å². The number of carbonyl (C=O) groups excluding carboxylic acids is 1. The molecule has 0 bridgehead atoms. The van der Waals surface area contributed by atoms with Crippen molar-refractivity contribution < 1.29 is 9.90 Å². The zero-order valence-corrected chi connectivity index (χ0v) is 14.4. The van der Waals surface area contributed by atoms with Gasteiger partial charge in [-0.05, 0) is 53.9 Å². The average Bonchev–Trinajstić information content (AvgIpc) is 2.74. The van der Waals surface area contributed by atoms with Crippen molar-refractivity contribution in [3.8, 4) is 5.75 Å². The minimum absolute atomic E-state index is 0.0162. The van der Waals surface area contributed by atoms with E-state index in [1.54, 1.807) is 12.1 Å². The molecule has 0 radical (unpaired) electrons. The molecular weight excluding hydrogens is 346 g/mol. The highest BCUT2D eigenvalue weighted by Gasteiger charge is 2.09. The Morgan fingerprint density at radius 1 is 1.32 bits per heavy atom. The Labute approximate surface area is 138 Å². The number of aromatic hydroxyl groups is 1. The fourth-order valence-corrected chi connectivity index (χ4v) is 2.48. The fraction of sp³-hybridized carbons (Fsp3) is 0.375. The van der Waals surface area contributed by atoms with Crippen LogP contribution in [0.25, 0.3) is 0 Å². The van der Waals surface area contributed by atoms with Gasteiger partial charge in [-0.3, -0.25) is 9.48 Å². The predicted octanol–water partition coefficient (Wildman–Crippen LogP) is 2.72. The summed E-state index contributed by atoms with van der Waals surface area (Å²) in [5, 5.41) is 16.5. The summed E-state index contributed by atoms with van der Waals surface area (Å²) in [6.07, 6.45) is 1.15. The van der Waals surface area contributed by atoms with Crippen molar-refractivity contribution >= 4 is 21.8 Å². The van der Waals surface area contributed by atoms with Gasteiger partial charge in [-0.25, -0.2) is 0 Å². The van der Waals surface area contributed by atoms with E-state index in [9.17, 15) is 9.90 Å². The number of rotatable bonds is 6. The largest absolute Gasteiger partial charge is 0.508 e. The van der Waals surface area contributed by atoms with E-state index in [4.69, 9.17) is 0 Å². The highest BCUT2D eigenvalue weighted by molar-refractivity contribution is 9.10. The lowest BCUT2D eigenvalue weighted by molar-refractivity contribution is -0.121. The summed E-state index contributed by atoms with van der Waals surface area (Å²) in [6.45, 7) is 5.08. The van der Waals surface area contributed by atoms with E-state index >= 15 is 0 Å². The summed E-state index contributed by atoms with van der Waals surface area (Å²) in [6, 6.07) is 7.01. The number of hydrogen-bond donors (Lipinski definition) is 2. The summed E-state index contributed by atoms with van der Waals surface area (Å²) < 4.78 is 2.85. The molecule has 118 valence electrons. The number of nitrogens with one attached hydrogen (secondary N) is 1. The first-order chi connectivity index (χ1) is 10.5. The lowest BCUT2D eigenvalue weighted by Crippen LogP contribution is -2.26. The van der Waals surface area contributed by atoms with Crippen LogP contribution in [0.4, 0.5) is 0 Å². The molecule has 0 spiro atoms. The summed E-state index contributed by atoms with van der Waals surface area (Å²) in [5.41, 5.74) is 3.06. The van der Waals surface area contributed by atoms with Gasteiger partial charge in [0, 0.05) is 18.7 Å². The molecule has 0 atom stereocenters. The third-order valence-corrected chi connectivity index (χ3v) is 4.66. The number of hydrogen-bond acceptors (Lipinski definition) is 3. The lowest BCUT2D eigenvalue weighted by Gasteiger charge is -2.07. The first kappa shape index (κ1) is 16.5. The second kappa shape index (κ2) is 7.45. The van der Waals surface area contributed by atoms with Crippen LogP contribution in [0.1, 0.15) is 23.4 Å².